The van der Waals surface area contributed by atoms with Gasteiger partial charge < -0.3 is 9.30 Å². The SMILES string of the molecule is CCOC(=O)c1c(C)cc(=O)n(C(CC)(CC)CC)c1C. The van der Waals surface area contributed by atoms with Crippen molar-refractivity contribution in [3.05, 3.63) is 33.2 Å². The quantitative estimate of drug-likeness (QED) is 0.753. The topological polar surface area (TPSA) is 48.3 Å². The molecule has 0 saturated carbocycles. The second kappa shape index (κ2) is 6.92. The minimum absolute atomic E-state index is 0.0383. The number of carbonyl (C=O) groups is 1. The molecule has 1 aromatic heterocycles. The number of carbonyl (C=O) groups excluding carboxylic acids is 1. The van der Waals surface area contributed by atoms with E-state index in [2.05, 4.69) is 20.8 Å². The molecule has 1 aromatic rings. The van der Waals surface area contributed by atoms with Gasteiger partial charge in [-0.2, -0.15) is 0 Å². The fourth-order valence-corrected chi connectivity index (χ4v) is 3.21. The molecule has 0 amide bonds. The van der Waals surface area contributed by atoms with Crippen molar-refractivity contribution < 1.29 is 9.53 Å². The van der Waals surface area contributed by atoms with E-state index in [1.165, 1.54) is 0 Å². The van der Waals surface area contributed by atoms with Gasteiger partial charge in [-0.1, -0.05) is 20.8 Å². The molecule has 1 heterocycles. The molecule has 0 saturated heterocycles. The molecule has 0 aliphatic carbocycles. The summed E-state index contributed by atoms with van der Waals surface area (Å²) in [6.45, 7) is 12.0. The molecule has 4 heteroatoms. The summed E-state index contributed by atoms with van der Waals surface area (Å²) in [4.78, 5) is 24.7. The maximum absolute atomic E-state index is 12.5. The number of esters is 1. The normalized spacial score (nSPS) is 11.5. The Morgan fingerprint density at radius 1 is 1.14 bits per heavy atom. The van der Waals surface area contributed by atoms with Gasteiger partial charge in [0.15, 0.2) is 0 Å². The Morgan fingerprint density at radius 3 is 2.10 bits per heavy atom. The average molecular weight is 293 g/mol. The van der Waals surface area contributed by atoms with Gasteiger partial charge in [-0.15, -0.1) is 0 Å². The first kappa shape index (κ1) is 17.5. The maximum atomic E-state index is 12.5. The Kier molecular flexibility index (Phi) is 5.76. The lowest BCUT2D eigenvalue weighted by Gasteiger charge is -2.35. The third-order valence-electron chi connectivity index (χ3n) is 4.58. The summed E-state index contributed by atoms with van der Waals surface area (Å²) < 4.78 is 6.94. The van der Waals surface area contributed by atoms with Crippen LogP contribution in [0.4, 0.5) is 0 Å². The van der Waals surface area contributed by atoms with Gasteiger partial charge >= 0.3 is 5.97 Å². The van der Waals surface area contributed by atoms with E-state index in [0.29, 0.717) is 23.4 Å². The van der Waals surface area contributed by atoms with Crippen molar-refractivity contribution in [3.8, 4) is 0 Å². The first-order chi connectivity index (χ1) is 9.88. The molecule has 0 atom stereocenters. The zero-order valence-electron chi connectivity index (χ0n) is 14.1. The summed E-state index contributed by atoms with van der Waals surface area (Å²) in [6.07, 6.45) is 2.56. The van der Waals surface area contributed by atoms with Crippen molar-refractivity contribution in [2.45, 2.75) is 66.3 Å². The minimum Gasteiger partial charge on any atom is -0.462 e. The van der Waals surface area contributed by atoms with Gasteiger partial charge in [0.05, 0.1) is 12.2 Å². The van der Waals surface area contributed by atoms with E-state index in [1.807, 2.05) is 6.92 Å². The number of hydrogen-bond donors (Lipinski definition) is 0. The van der Waals surface area contributed by atoms with Gasteiger partial charge in [0.1, 0.15) is 0 Å². The smallest absolute Gasteiger partial charge is 0.340 e. The Bertz CT molecular complexity index is 560. The highest BCUT2D eigenvalue weighted by atomic mass is 16.5. The molecule has 0 aliphatic rings. The predicted octanol–water partition coefficient (Wildman–Crippen LogP) is 3.57. The van der Waals surface area contributed by atoms with Crippen LogP contribution in [0.1, 0.15) is 68.6 Å². The van der Waals surface area contributed by atoms with Gasteiger partial charge in [0, 0.05) is 17.3 Å². The van der Waals surface area contributed by atoms with Crippen LogP contribution in [0, 0.1) is 13.8 Å². The molecule has 1 rings (SSSR count). The predicted molar refractivity (Wildman–Crippen MR) is 85.0 cm³/mol. The average Bonchev–Trinajstić information content (AvgIpc) is 2.43. The molecule has 0 aliphatic heterocycles. The van der Waals surface area contributed by atoms with Gasteiger partial charge in [0.25, 0.3) is 5.56 Å². The molecule has 0 fully saturated rings. The van der Waals surface area contributed by atoms with Crippen LogP contribution in [0.15, 0.2) is 10.9 Å². The molecule has 0 aromatic carbocycles. The molecule has 118 valence electrons. The van der Waals surface area contributed by atoms with Crippen molar-refractivity contribution in [1.82, 2.24) is 4.57 Å². The van der Waals surface area contributed by atoms with Crippen LogP contribution in [0.3, 0.4) is 0 Å². The molecular weight excluding hydrogens is 266 g/mol. The fraction of sp³-hybridized carbons (Fsp3) is 0.647. The molecule has 4 nitrogen and oxygen atoms in total. The highest BCUT2D eigenvalue weighted by Gasteiger charge is 2.31. The maximum Gasteiger partial charge on any atom is 0.340 e. The van der Waals surface area contributed by atoms with Crippen LogP contribution in [-0.4, -0.2) is 17.1 Å². The lowest BCUT2D eigenvalue weighted by Crippen LogP contribution is -2.42. The third kappa shape index (κ3) is 3.04. The lowest BCUT2D eigenvalue weighted by atomic mass is 9.88. The Hall–Kier alpha value is -1.58. The second-order valence-corrected chi connectivity index (χ2v) is 5.47. The van der Waals surface area contributed by atoms with E-state index in [9.17, 15) is 9.59 Å². The number of ether oxygens (including phenoxy) is 1. The van der Waals surface area contributed by atoms with E-state index >= 15 is 0 Å². The second-order valence-electron chi connectivity index (χ2n) is 5.47. The van der Waals surface area contributed by atoms with E-state index in [4.69, 9.17) is 4.74 Å². The Morgan fingerprint density at radius 2 is 1.67 bits per heavy atom. The molecular formula is C17H27NO3. The monoisotopic (exact) mass is 293 g/mol. The first-order valence-electron chi connectivity index (χ1n) is 7.79. The Balaban J connectivity index is 3.65. The number of rotatable bonds is 6. The van der Waals surface area contributed by atoms with Gasteiger partial charge in [0.2, 0.25) is 0 Å². The summed E-state index contributed by atoms with van der Waals surface area (Å²) in [5, 5.41) is 0. The van der Waals surface area contributed by atoms with Crippen LogP contribution in [-0.2, 0) is 10.3 Å². The number of aryl methyl sites for hydroxylation is 1. The highest BCUT2D eigenvalue weighted by molar-refractivity contribution is 5.92. The van der Waals surface area contributed by atoms with Gasteiger partial charge in [-0.3, -0.25) is 4.79 Å². The number of hydrogen-bond acceptors (Lipinski definition) is 3. The molecule has 0 bridgehead atoms. The molecule has 0 unspecified atom stereocenters. The van der Waals surface area contributed by atoms with Crippen LogP contribution in [0.2, 0.25) is 0 Å². The third-order valence-corrected chi connectivity index (χ3v) is 4.58. The number of nitrogens with zero attached hydrogens (tertiary/aromatic N) is 1. The molecule has 0 radical (unpaired) electrons. The summed E-state index contributed by atoms with van der Waals surface area (Å²) in [5.74, 6) is -0.349. The minimum atomic E-state index is -0.349. The van der Waals surface area contributed by atoms with Crippen LogP contribution < -0.4 is 5.56 Å². The number of aromatic nitrogens is 1. The molecule has 0 spiro atoms. The fourth-order valence-electron chi connectivity index (χ4n) is 3.21. The Labute approximate surface area is 127 Å². The standard InChI is InChI=1S/C17H27NO3/c1-7-17(8-2,9-3)18-13(6)15(16(20)21-10-4)12(5)11-14(18)19/h11H,7-10H2,1-6H3. The van der Waals surface area contributed by atoms with E-state index in [1.54, 1.807) is 24.5 Å². The molecule has 21 heavy (non-hydrogen) atoms. The largest absolute Gasteiger partial charge is 0.462 e. The summed E-state index contributed by atoms with van der Waals surface area (Å²) in [6, 6.07) is 1.55. The van der Waals surface area contributed by atoms with Gasteiger partial charge in [-0.05, 0) is 45.6 Å². The van der Waals surface area contributed by atoms with E-state index in [0.717, 1.165) is 19.3 Å². The van der Waals surface area contributed by atoms with Crippen molar-refractivity contribution in [3.63, 3.8) is 0 Å². The van der Waals surface area contributed by atoms with Crippen molar-refractivity contribution in [1.29, 1.82) is 0 Å². The van der Waals surface area contributed by atoms with Crippen LogP contribution >= 0.6 is 0 Å². The molecule has 0 N–H and O–H groups in total. The summed E-state index contributed by atoms with van der Waals surface area (Å²) in [5.41, 5.74) is 1.64. The van der Waals surface area contributed by atoms with Gasteiger partial charge in [-0.25, -0.2) is 4.79 Å². The first-order valence-corrected chi connectivity index (χ1v) is 7.79. The summed E-state index contributed by atoms with van der Waals surface area (Å²) in [7, 11) is 0. The van der Waals surface area contributed by atoms with Crippen LogP contribution in [0.25, 0.3) is 0 Å². The van der Waals surface area contributed by atoms with Crippen molar-refractivity contribution in [2.24, 2.45) is 0 Å². The lowest BCUT2D eigenvalue weighted by molar-refractivity contribution is 0.0522. The van der Waals surface area contributed by atoms with E-state index in [-0.39, 0.29) is 17.1 Å². The van der Waals surface area contributed by atoms with E-state index < -0.39 is 0 Å². The van der Waals surface area contributed by atoms with Crippen molar-refractivity contribution >= 4 is 5.97 Å². The zero-order chi connectivity index (χ0) is 16.2. The van der Waals surface area contributed by atoms with Crippen molar-refractivity contribution in [2.75, 3.05) is 6.61 Å². The summed E-state index contributed by atoms with van der Waals surface area (Å²) >= 11 is 0. The highest BCUT2D eigenvalue weighted by Crippen LogP contribution is 2.30. The number of pyridine rings is 1. The van der Waals surface area contributed by atoms with Crippen LogP contribution in [0.5, 0.6) is 0 Å². The zero-order valence-corrected chi connectivity index (χ0v) is 14.1.